The number of benzene rings is 1. The molecule has 1 aromatic carbocycles. The van der Waals surface area contributed by atoms with Crippen LogP contribution in [0.25, 0.3) is 11.3 Å². The van der Waals surface area contributed by atoms with Crippen LogP contribution in [-0.4, -0.2) is 52.8 Å². The van der Waals surface area contributed by atoms with Crippen molar-refractivity contribution in [2.45, 2.75) is 69.9 Å². The number of hydrogen-bond donors (Lipinski definition) is 1. The lowest BCUT2D eigenvalue weighted by Crippen LogP contribution is -2.59. The van der Waals surface area contributed by atoms with E-state index in [0.717, 1.165) is 41.6 Å². The second-order valence-electron chi connectivity index (χ2n) is 12.2. The van der Waals surface area contributed by atoms with Gasteiger partial charge in [-0.3, -0.25) is 9.48 Å². The molecule has 5 aliphatic rings. The highest BCUT2D eigenvalue weighted by Crippen LogP contribution is 2.55. The van der Waals surface area contributed by atoms with Crippen LogP contribution in [0.1, 0.15) is 79.0 Å². The normalized spacial score (nSPS) is 29.5. The van der Waals surface area contributed by atoms with Gasteiger partial charge in [0.2, 0.25) is 0 Å². The van der Waals surface area contributed by atoms with Crippen LogP contribution in [0.3, 0.4) is 0 Å². The molecule has 11 heteroatoms. The van der Waals surface area contributed by atoms with Crippen molar-refractivity contribution in [2.75, 3.05) is 18.1 Å². The first-order valence-electron chi connectivity index (χ1n) is 14.1. The Morgan fingerprint density at radius 3 is 2.40 bits per heavy atom. The smallest absolute Gasteiger partial charge is 0.294 e. The molecule has 7 rings (SSSR count). The lowest BCUT2D eigenvalue weighted by molar-refractivity contribution is -0.757. The lowest BCUT2D eigenvalue weighted by atomic mass is 9.53. The maximum Gasteiger partial charge on any atom is 0.294 e. The van der Waals surface area contributed by atoms with E-state index in [1.807, 2.05) is 31.2 Å². The fraction of sp³-hybridized carbons (Fsp3) is 0.586. The molecule has 1 atom stereocenters. The molecule has 4 aliphatic carbocycles. The Morgan fingerprint density at radius 1 is 1.18 bits per heavy atom. The molecule has 10 nitrogen and oxygen atoms in total. The first-order chi connectivity index (χ1) is 19.1. The molecule has 40 heavy (non-hydrogen) atoms. The molecule has 0 radical (unpaired) electrons. The first kappa shape index (κ1) is 26.8. The molecule has 0 spiro atoms. The summed E-state index contributed by atoms with van der Waals surface area (Å²) in [7, 11) is -3.16. The van der Waals surface area contributed by atoms with E-state index in [4.69, 9.17) is 5.10 Å². The van der Waals surface area contributed by atoms with Crippen molar-refractivity contribution >= 4 is 15.7 Å². The van der Waals surface area contributed by atoms with Gasteiger partial charge in [0.15, 0.2) is 15.5 Å². The first-order valence-corrected chi connectivity index (χ1v) is 15.9. The molecular weight excluding hydrogens is 532 g/mol. The zero-order valence-electron chi connectivity index (χ0n) is 22.6. The van der Waals surface area contributed by atoms with Crippen LogP contribution < -0.4 is 5.32 Å². The maximum absolute atomic E-state index is 13.8. The van der Waals surface area contributed by atoms with E-state index in [1.54, 1.807) is 4.68 Å². The minimum Gasteiger partial charge on any atom is -0.345 e. The van der Waals surface area contributed by atoms with Gasteiger partial charge in [-0.25, -0.2) is 8.42 Å². The van der Waals surface area contributed by atoms with Crippen LogP contribution in [0.5, 0.6) is 0 Å². The average Bonchev–Trinajstić information content (AvgIpc) is 3.41. The third kappa shape index (κ3) is 5.33. The van der Waals surface area contributed by atoms with Crippen molar-refractivity contribution in [1.82, 2.24) is 15.1 Å². The van der Waals surface area contributed by atoms with E-state index in [-0.39, 0.29) is 42.0 Å². The van der Waals surface area contributed by atoms with E-state index < -0.39 is 14.9 Å². The van der Waals surface area contributed by atoms with Crippen LogP contribution in [0.4, 0.5) is 0 Å². The van der Waals surface area contributed by atoms with Gasteiger partial charge in [0, 0.05) is 28.7 Å². The molecule has 4 bridgehead atoms. The fourth-order valence-electron chi connectivity index (χ4n) is 7.92. The molecule has 1 N–H and O–H groups in total. The van der Waals surface area contributed by atoms with Crippen molar-refractivity contribution in [3.63, 3.8) is 0 Å². The third-order valence-corrected chi connectivity index (χ3v) is 10.9. The molecule has 4 saturated carbocycles. The second kappa shape index (κ2) is 10.2. The Balaban J connectivity index is 1.28. The molecule has 1 unspecified atom stereocenters. The highest BCUT2D eigenvalue weighted by molar-refractivity contribution is 7.91. The topological polar surface area (TPSA) is 133 Å². The number of nitrogens with zero attached hydrogens (tertiary/aromatic N) is 3. The molecule has 1 amide bonds. The predicted octanol–water partition coefficient (Wildman–Crippen LogP) is 3.87. The molecule has 212 valence electrons. The summed E-state index contributed by atoms with van der Waals surface area (Å²) >= 11 is 0. The van der Waals surface area contributed by atoms with Gasteiger partial charge in [-0.2, -0.15) is 5.10 Å². The summed E-state index contributed by atoms with van der Waals surface area (Å²) in [4.78, 5) is 28.3. The molecule has 2 aromatic rings. The number of rotatable bonds is 7. The number of carbonyl (C=O) groups is 1. The molecule has 1 aliphatic heterocycles. The molecule has 1 aromatic heterocycles. The predicted molar refractivity (Wildman–Crippen MR) is 148 cm³/mol. The number of sulfone groups is 1. The quantitative estimate of drug-likeness (QED) is 0.233. The highest BCUT2D eigenvalue weighted by Gasteiger charge is 2.51. The minimum atomic E-state index is -3.16. The molecular formula is C29H34N4O6S. The monoisotopic (exact) mass is 566 g/mol. The Bertz CT molecular complexity index is 1470. The summed E-state index contributed by atoms with van der Waals surface area (Å²) in [6.07, 6.45) is 7.67. The van der Waals surface area contributed by atoms with E-state index >= 15 is 0 Å². The van der Waals surface area contributed by atoms with Crippen molar-refractivity contribution in [2.24, 2.45) is 17.8 Å². The third-order valence-electron chi connectivity index (χ3n) is 9.15. The van der Waals surface area contributed by atoms with E-state index in [0.29, 0.717) is 29.9 Å². The van der Waals surface area contributed by atoms with E-state index in [2.05, 4.69) is 22.0 Å². The second-order valence-corrected chi connectivity index (χ2v) is 14.4. The van der Waals surface area contributed by atoms with Crippen molar-refractivity contribution < 1.29 is 23.1 Å². The van der Waals surface area contributed by atoms with Gasteiger partial charge in [-0.1, -0.05) is 24.0 Å². The van der Waals surface area contributed by atoms with Crippen LogP contribution in [0.15, 0.2) is 24.3 Å². The summed E-state index contributed by atoms with van der Waals surface area (Å²) in [5, 5.41) is 17.6. The summed E-state index contributed by atoms with van der Waals surface area (Å²) in [5.41, 5.74) is 3.26. The largest absolute Gasteiger partial charge is 0.345 e. The lowest BCUT2D eigenvalue weighted by Gasteiger charge is -2.56. The maximum atomic E-state index is 13.8. The zero-order chi connectivity index (χ0) is 28.1. The standard InChI is InChI=1S/C29H34N4O6S/c1-19-26(28(34)30-29-15-21-12-22(16-29)14-23(13-21)17-29)31-32(25-9-11-40(37,38)18-25)27(19)24-7-5-20(6-8-24)4-2-3-10-39-33(35)36/h5-8,21-23,25H,3,9-18H2,1H3,(H,30,34). The fourth-order valence-corrected chi connectivity index (χ4v) is 9.62. The summed E-state index contributed by atoms with van der Waals surface area (Å²) < 4.78 is 26.5. The average molecular weight is 567 g/mol. The zero-order valence-corrected chi connectivity index (χ0v) is 23.4. The Hall–Kier alpha value is -3.39. The SMILES string of the molecule is Cc1c(C(=O)NC23CC4CC(CC(C4)C2)C3)nn(C2CCS(=O)(=O)C2)c1-c1ccc(C#CCCO[N+](=O)[O-])cc1. The van der Waals surface area contributed by atoms with Gasteiger partial charge >= 0.3 is 0 Å². The van der Waals surface area contributed by atoms with Gasteiger partial charge < -0.3 is 10.2 Å². The van der Waals surface area contributed by atoms with E-state index in [1.165, 1.54) is 19.3 Å². The van der Waals surface area contributed by atoms with Gasteiger partial charge in [0.1, 0.15) is 6.61 Å². The van der Waals surface area contributed by atoms with Crippen LogP contribution in [0.2, 0.25) is 0 Å². The van der Waals surface area contributed by atoms with Gasteiger partial charge in [-0.15, -0.1) is 10.1 Å². The van der Waals surface area contributed by atoms with Crippen molar-refractivity contribution in [1.29, 1.82) is 0 Å². The van der Waals surface area contributed by atoms with Gasteiger partial charge in [0.05, 0.1) is 23.2 Å². The van der Waals surface area contributed by atoms with E-state index in [9.17, 15) is 23.3 Å². The summed E-state index contributed by atoms with van der Waals surface area (Å²) in [6.45, 7) is 1.80. The van der Waals surface area contributed by atoms with Gasteiger partial charge in [-0.05, 0) is 81.8 Å². The summed E-state index contributed by atoms with van der Waals surface area (Å²) in [6, 6.07) is 7.13. The minimum absolute atomic E-state index is 0.00688. The molecule has 2 heterocycles. The van der Waals surface area contributed by atoms with Crippen LogP contribution in [-0.2, 0) is 14.7 Å². The Kier molecular flexibility index (Phi) is 6.85. The number of carbonyl (C=O) groups excluding carboxylic acids is 1. The Labute approximate surface area is 233 Å². The number of hydrogen-bond acceptors (Lipinski definition) is 7. The van der Waals surface area contributed by atoms with Gasteiger partial charge in [0.25, 0.3) is 11.0 Å². The molecule has 5 fully saturated rings. The number of aromatic nitrogens is 2. The van der Waals surface area contributed by atoms with Crippen LogP contribution >= 0.6 is 0 Å². The molecule has 1 saturated heterocycles. The number of amides is 1. The van der Waals surface area contributed by atoms with Crippen molar-refractivity contribution in [3.05, 3.63) is 51.2 Å². The summed E-state index contributed by atoms with van der Waals surface area (Å²) in [5.74, 6) is 7.88. The van der Waals surface area contributed by atoms with Crippen molar-refractivity contribution in [3.8, 4) is 23.1 Å². The van der Waals surface area contributed by atoms with Crippen LogP contribution in [0, 0.1) is 46.6 Å². The number of nitrogens with one attached hydrogen (secondary N) is 1. The highest BCUT2D eigenvalue weighted by atomic mass is 32.2. The Morgan fingerprint density at radius 2 is 1.82 bits per heavy atom.